The maximum absolute atomic E-state index is 5.83. The van der Waals surface area contributed by atoms with Gasteiger partial charge in [-0.2, -0.15) is 0 Å². The smallest absolute Gasteiger partial charge is 0.0623 e. The Morgan fingerprint density at radius 2 is 1.62 bits per heavy atom. The summed E-state index contributed by atoms with van der Waals surface area (Å²) in [7, 11) is 0. The van der Waals surface area contributed by atoms with Crippen molar-refractivity contribution in [2.75, 3.05) is 24.3 Å². The van der Waals surface area contributed by atoms with E-state index in [0.717, 1.165) is 44.0 Å². The minimum Gasteiger partial charge on any atom is -0.399 e. The van der Waals surface area contributed by atoms with E-state index in [-0.39, 0.29) is 0 Å². The van der Waals surface area contributed by atoms with Crippen LogP contribution in [0.1, 0.15) is 18.4 Å². The molecule has 126 valence electrons. The van der Waals surface area contributed by atoms with Gasteiger partial charge in [0, 0.05) is 36.0 Å². The Hall–Kier alpha value is -2.04. The van der Waals surface area contributed by atoms with E-state index in [1.54, 1.807) is 0 Å². The molecule has 3 N–H and O–H groups in total. The lowest BCUT2D eigenvalue weighted by molar-refractivity contribution is -0.0802. The van der Waals surface area contributed by atoms with Gasteiger partial charge in [-0.1, -0.05) is 30.3 Å². The Kier molecular flexibility index (Phi) is 4.41. The van der Waals surface area contributed by atoms with Crippen molar-refractivity contribution in [3.63, 3.8) is 0 Å². The first-order valence-electron chi connectivity index (χ1n) is 8.77. The summed E-state index contributed by atoms with van der Waals surface area (Å²) in [6, 6.07) is 20.3. The lowest BCUT2D eigenvalue weighted by Gasteiger charge is -2.48. The number of piperidine rings is 1. The fourth-order valence-corrected chi connectivity index (χ4v) is 3.98. The number of morpholine rings is 1. The number of nitrogens with one attached hydrogen (secondary N) is 1. The minimum absolute atomic E-state index is 0.490. The molecule has 0 radical (unpaired) electrons. The molecule has 4 nitrogen and oxygen atoms in total. The molecule has 24 heavy (non-hydrogen) atoms. The van der Waals surface area contributed by atoms with Crippen LogP contribution >= 0.6 is 0 Å². The number of hydrogen-bond donors (Lipinski definition) is 2. The molecule has 0 spiro atoms. The normalized spacial score (nSPS) is 26.9. The van der Waals surface area contributed by atoms with Crippen molar-refractivity contribution >= 4 is 11.4 Å². The molecule has 0 amide bonds. The molecule has 2 saturated heterocycles. The SMILES string of the molecule is Nc1ccc(NC2CC3COCC(C2)N3Cc2ccccc2)cc1. The number of rotatable bonds is 4. The van der Waals surface area contributed by atoms with E-state index in [2.05, 4.69) is 52.7 Å². The summed E-state index contributed by atoms with van der Waals surface area (Å²) in [5.74, 6) is 0. The summed E-state index contributed by atoms with van der Waals surface area (Å²) in [6.07, 6.45) is 2.24. The number of anilines is 2. The summed E-state index contributed by atoms with van der Waals surface area (Å²) >= 11 is 0. The fourth-order valence-electron chi connectivity index (χ4n) is 3.98. The zero-order chi connectivity index (χ0) is 16.4. The van der Waals surface area contributed by atoms with Crippen molar-refractivity contribution in [1.82, 2.24) is 4.90 Å². The highest BCUT2D eigenvalue weighted by molar-refractivity contribution is 5.51. The summed E-state index contributed by atoms with van der Waals surface area (Å²) in [6.45, 7) is 2.70. The van der Waals surface area contributed by atoms with E-state index in [0.29, 0.717) is 18.1 Å². The van der Waals surface area contributed by atoms with E-state index in [1.165, 1.54) is 5.56 Å². The van der Waals surface area contributed by atoms with Crippen molar-refractivity contribution < 1.29 is 4.74 Å². The zero-order valence-corrected chi connectivity index (χ0v) is 13.9. The second-order valence-electron chi connectivity index (χ2n) is 6.94. The van der Waals surface area contributed by atoms with Gasteiger partial charge in [-0.15, -0.1) is 0 Å². The van der Waals surface area contributed by atoms with Crippen molar-refractivity contribution in [2.24, 2.45) is 0 Å². The van der Waals surface area contributed by atoms with Crippen LogP contribution in [0.5, 0.6) is 0 Å². The standard InChI is InChI=1S/C20H25N3O/c21-16-6-8-17(9-7-16)22-18-10-19-13-24-14-20(11-18)23(19)12-15-4-2-1-3-5-15/h1-9,18-20,22H,10-14,21H2. The molecule has 2 fully saturated rings. The zero-order valence-electron chi connectivity index (χ0n) is 13.9. The maximum atomic E-state index is 5.83. The number of nitrogens with two attached hydrogens (primary N) is 1. The highest BCUT2D eigenvalue weighted by atomic mass is 16.5. The Morgan fingerprint density at radius 3 is 2.29 bits per heavy atom. The highest BCUT2D eigenvalue weighted by Gasteiger charge is 2.38. The molecular formula is C20H25N3O. The van der Waals surface area contributed by atoms with Crippen molar-refractivity contribution in [3.05, 3.63) is 60.2 Å². The largest absolute Gasteiger partial charge is 0.399 e. The van der Waals surface area contributed by atoms with Crippen LogP contribution in [0.15, 0.2) is 54.6 Å². The third-order valence-electron chi connectivity index (χ3n) is 5.16. The molecule has 2 aromatic rings. The average Bonchev–Trinajstić information content (AvgIpc) is 2.58. The molecule has 4 heteroatoms. The van der Waals surface area contributed by atoms with Crippen molar-refractivity contribution in [2.45, 2.75) is 37.5 Å². The van der Waals surface area contributed by atoms with Gasteiger partial charge >= 0.3 is 0 Å². The Morgan fingerprint density at radius 1 is 0.958 bits per heavy atom. The molecule has 2 bridgehead atoms. The molecule has 2 aromatic carbocycles. The first-order chi connectivity index (χ1) is 11.8. The van der Waals surface area contributed by atoms with Crippen LogP contribution in [0, 0.1) is 0 Å². The van der Waals surface area contributed by atoms with E-state index in [4.69, 9.17) is 10.5 Å². The van der Waals surface area contributed by atoms with E-state index in [1.807, 2.05) is 12.1 Å². The third kappa shape index (κ3) is 3.40. The maximum Gasteiger partial charge on any atom is 0.0623 e. The predicted octanol–water partition coefficient (Wildman–Crippen LogP) is 3.11. The van der Waals surface area contributed by atoms with Gasteiger partial charge in [-0.05, 0) is 42.7 Å². The number of nitrogen functional groups attached to an aromatic ring is 1. The molecule has 2 heterocycles. The van der Waals surface area contributed by atoms with Gasteiger partial charge in [0.1, 0.15) is 0 Å². The molecule has 2 aliphatic heterocycles. The second kappa shape index (κ2) is 6.83. The van der Waals surface area contributed by atoms with Crippen LogP contribution < -0.4 is 11.1 Å². The first-order valence-corrected chi connectivity index (χ1v) is 8.77. The fraction of sp³-hybridized carbons (Fsp3) is 0.400. The van der Waals surface area contributed by atoms with Crippen LogP contribution in [0.4, 0.5) is 11.4 Å². The molecule has 0 aliphatic carbocycles. The lowest BCUT2D eigenvalue weighted by atomic mass is 9.89. The molecular weight excluding hydrogens is 298 g/mol. The quantitative estimate of drug-likeness (QED) is 0.849. The minimum atomic E-state index is 0.490. The van der Waals surface area contributed by atoms with Gasteiger partial charge < -0.3 is 15.8 Å². The van der Waals surface area contributed by atoms with Gasteiger partial charge in [0.2, 0.25) is 0 Å². The number of hydrogen-bond acceptors (Lipinski definition) is 4. The Labute approximate surface area is 143 Å². The van der Waals surface area contributed by atoms with Gasteiger partial charge in [-0.25, -0.2) is 0 Å². The van der Waals surface area contributed by atoms with Crippen molar-refractivity contribution in [3.8, 4) is 0 Å². The molecule has 2 atom stereocenters. The van der Waals surface area contributed by atoms with Crippen LogP contribution in [0.3, 0.4) is 0 Å². The summed E-state index contributed by atoms with van der Waals surface area (Å²) < 4.78 is 5.83. The summed E-state index contributed by atoms with van der Waals surface area (Å²) in [4.78, 5) is 2.64. The van der Waals surface area contributed by atoms with Crippen LogP contribution in [-0.2, 0) is 11.3 Å². The predicted molar refractivity (Wildman–Crippen MR) is 97.9 cm³/mol. The molecule has 2 unspecified atom stereocenters. The van der Waals surface area contributed by atoms with Gasteiger partial charge in [0.05, 0.1) is 13.2 Å². The van der Waals surface area contributed by atoms with Gasteiger partial charge in [-0.3, -0.25) is 4.90 Å². The molecule has 0 saturated carbocycles. The second-order valence-corrected chi connectivity index (χ2v) is 6.94. The van der Waals surface area contributed by atoms with E-state index < -0.39 is 0 Å². The van der Waals surface area contributed by atoms with E-state index in [9.17, 15) is 0 Å². The summed E-state index contributed by atoms with van der Waals surface area (Å²) in [5, 5.41) is 3.68. The number of fused-ring (bicyclic) bond motifs is 2. The van der Waals surface area contributed by atoms with Crippen LogP contribution in [-0.4, -0.2) is 36.2 Å². The van der Waals surface area contributed by atoms with Gasteiger partial charge in [0.25, 0.3) is 0 Å². The monoisotopic (exact) mass is 323 g/mol. The van der Waals surface area contributed by atoms with E-state index >= 15 is 0 Å². The number of benzene rings is 2. The lowest BCUT2D eigenvalue weighted by Crippen LogP contribution is -2.58. The summed E-state index contributed by atoms with van der Waals surface area (Å²) in [5.41, 5.74) is 9.13. The van der Waals surface area contributed by atoms with Crippen LogP contribution in [0.25, 0.3) is 0 Å². The first kappa shape index (κ1) is 15.5. The average molecular weight is 323 g/mol. The highest BCUT2D eigenvalue weighted by Crippen LogP contribution is 2.31. The number of nitrogens with zero attached hydrogens (tertiary/aromatic N) is 1. The topological polar surface area (TPSA) is 50.5 Å². The molecule has 4 rings (SSSR count). The Bertz CT molecular complexity index is 644. The van der Waals surface area contributed by atoms with Crippen LogP contribution in [0.2, 0.25) is 0 Å². The third-order valence-corrected chi connectivity index (χ3v) is 5.16. The molecule has 2 aliphatic rings. The number of ether oxygens (including phenoxy) is 1. The Balaban J connectivity index is 1.43. The molecule has 0 aromatic heterocycles. The van der Waals surface area contributed by atoms with Crippen molar-refractivity contribution in [1.29, 1.82) is 0 Å². The van der Waals surface area contributed by atoms with Gasteiger partial charge in [0.15, 0.2) is 0 Å².